The van der Waals surface area contributed by atoms with Gasteiger partial charge in [0.25, 0.3) is 0 Å². The molecule has 0 atom stereocenters. The molecule has 136 valence electrons. The van der Waals surface area contributed by atoms with Crippen molar-refractivity contribution < 1.29 is 0 Å². The molecule has 0 aliphatic carbocycles. The van der Waals surface area contributed by atoms with Crippen LogP contribution in [0.3, 0.4) is 0 Å². The Morgan fingerprint density at radius 2 is 1.80 bits per heavy atom. The van der Waals surface area contributed by atoms with Crippen LogP contribution < -0.4 is 10.6 Å². The Labute approximate surface area is 168 Å². The number of nitrogens with one attached hydrogen (secondary N) is 2. The maximum atomic E-state index is 4.34. The maximum absolute atomic E-state index is 4.34. The van der Waals surface area contributed by atoms with E-state index in [9.17, 15) is 0 Å². The smallest absolute Gasteiger partial charge is 0.191 e. The van der Waals surface area contributed by atoms with Gasteiger partial charge in [-0.3, -0.25) is 9.98 Å². The van der Waals surface area contributed by atoms with E-state index in [0.717, 1.165) is 31.2 Å². The molecule has 5 heteroatoms. The van der Waals surface area contributed by atoms with Crippen LogP contribution in [-0.2, 0) is 11.8 Å². The Balaban J connectivity index is 0.00000312. The molecule has 1 aromatic heterocycles. The summed E-state index contributed by atoms with van der Waals surface area (Å²) in [4.78, 5) is 8.65. The second-order valence-corrected chi connectivity index (χ2v) is 6.62. The van der Waals surface area contributed by atoms with Crippen molar-refractivity contribution >= 4 is 29.9 Å². The summed E-state index contributed by atoms with van der Waals surface area (Å²) in [6.45, 7) is 8.30. The van der Waals surface area contributed by atoms with Gasteiger partial charge >= 0.3 is 0 Å². The highest BCUT2D eigenvalue weighted by molar-refractivity contribution is 14.0. The fraction of sp³-hybridized carbons (Fsp3) is 0.400. The number of halogens is 1. The summed E-state index contributed by atoms with van der Waals surface area (Å²) in [6, 6.07) is 14.5. The number of rotatable bonds is 6. The van der Waals surface area contributed by atoms with Gasteiger partial charge in [-0.05, 0) is 30.2 Å². The number of aliphatic imine (C=N–C) groups is 1. The van der Waals surface area contributed by atoms with Crippen LogP contribution in [0.25, 0.3) is 0 Å². The topological polar surface area (TPSA) is 49.3 Å². The summed E-state index contributed by atoms with van der Waals surface area (Å²) < 4.78 is 0. The molecule has 0 saturated heterocycles. The molecule has 25 heavy (non-hydrogen) atoms. The van der Waals surface area contributed by atoms with Crippen molar-refractivity contribution in [3.05, 3.63) is 65.5 Å². The number of pyridine rings is 1. The van der Waals surface area contributed by atoms with E-state index in [0.29, 0.717) is 0 Å². The van der Waals surface area contributed by atoms with Crippen LogP contribution in [0, 0.1) is 6.92 Å². The van der Waals surface area contributed by atoms with Crippen LogP contribution in [0.4, 0.5) is 0 Å². The summed E-state index contributed by atoms with van der Waals surface area (Å²) in [5.74, 6) is 0.826. The molecule has 0 radical (unpaired) electrons. The van der Waals surface area contributed by atoms with Gasteiger partial charge in [-0.25, -0.2) is 0 Å². The first-order valence-electron chi connectivity index (χ1n) is 8.43. The minimum atomic E-state index is 0. The third-order valence-electron chi connectivity index (χ3n) is 4.20. The number of guanidine groups is 1. The predicted molar refractivity (Wildman–Crippen MR) is 117 cm³/mol. The molecular weight excluding hydrogens is 423 g/mol. The van der Waals surface area contributed by atoms with Gasteiger partial charge in [0.05, 0.1) is 0 Å². The van der Waals surface area contributed by atoms with Crippen molar-refractivity contribution in [2.45, 2.75) is 32.6 Å². The van der Waals surface area contributed by atoms with Gasteiger partial charge in [0.2, 0.25) is 0 Å². The van der Waals surface area contributed by atoms with Crippen molar-refractivity contribution in [1.82, 2.24) is 15.6 Å². The van der Waals surface area contributed by atoms with Crippen LogP contribution in [-0.4, -0.2) is 31.1 Å². The molecule has 0 aliphatic heterocycles. The molecule has 0 unspecified atom stereocenters. The van der Waals surface area contributed by atoms with Crippen LogP contribution >= 0.6 is 24.0 Å². The summed E-state index contributed by atoms with van der Waals surface area (Å²) in [5, 5.41) is 6.80. The van der Waals surface area contributed by atoms with Gasteiger partial charge in [0.1, 0.15) is 0 Å². The van der Waals surface area contributed by atoms with Crippen LogP contribution in [0.5, 0.6) is 0 Å². The van der Waals surface area contributed by atoms with E-state index in [-0.39, 0.29) is 29.4 Å². The number of benzene rings is 1. The van der Waals surface area contributed by atoms with Gasteiger partial charge in [-0.15, -0.1) is 24.0 Å². The normalized spacial score (nSPS) is 11.6. The minimum Gasteiger partial charge on any atom is -0.356 e. The van der Waals surface area contributed by atoms with E-state index < -0.39 is 0 Å². The number of aryl methyl sites for hydroxylation is 1. The average molecular weight is 452 g/mol. The molecule has 4 nitrogen and oxygen atoms in total. The summed E-state index contributed by atoms with van der Waals surface area (Å²) >= 11 is 0. The minimum absolute atomic E-state index is 0. The Bertz CT molecular complexity index is 668. The molecule has 0 amide bonds. The molecule has 2 aromatic rings. The van der Waals surface area contributed by atoms with E-state index in [4.69, 9.17) is 0 Å². The van der Waals surface area contributed by atoms with Gasteiger partial charge in [0.15, 0.2) is 5.96 Å². The zero-order valence-corrected chi connectivity index (χ0v) is 17.9. The Morgan fingerprint density at radius 1 is 1.08 bits per heavy atom. The van der Waals surface area contributed by atoms with Gasteiger partial charge in [-0.2, -0.15) is 0 Å². The Kier molecular flexibility index (Phi) is 8.89. The molecular formula is C20H29IN4. The van der Waals surface area contributed by atoms with E-state index >= 15 is 0 Å². The molecule has 0 bridgehead atoms. The Hall–Kier alpha value is -1.63. The van der Waals surface area contributed by atoms with Crippen molar-refractivity contribution in [1.29, 1.82) is 0 Å². The quantitative estimate of drug-likeness (QED) is 0.399. The number of nitrogens with zero attached hydrogens (tertiary/aromatic N) is 2. The molecule has 0 saturated carbocycles. The zero-order chi connectivity index (χ0) is 17.4. The van der Waals surface area contributed by atoms with Gasteiger partial charge in [-0.1, -0.05) is 44.2 Å². The number of hydrogen-bond donors (Lipinski definition) is 2. The van der Waals surface area contributed by atoms with Gasteiger partial charge in [0, 0.05) is 43.9 Å². The van der Waals surface area contributed by atoms with Crippen LogP contribution in [0.1, 0.15) is 30.7 Å². The number of aromatic nitrogens is 1. The van der Waals surface area contributed by atoms with E-state index in [1.807, 2.05) is 24.4 Å². The molecule has 2 rings (SSSR count). The highest BCUT2D eigenvalue weighted by Crippen LogP contribution is 2.25. The van der Waals surface area contributed by atoms with Crippen molar-refractivity contribution in [2.24, 2.45) is 4.99 Å². The summed E-state index contributed by atoms with van der Waals surface area (Å²) in [5.41, 5.74) is 3.80. The second kappa shape index (κ2) is 10.4. The zero-order valence-electron chi connectivity index (χ0n) is 15.5. The average Bonchev–Trinajstić information content (AvgIpc) is 2.59. The first-order chi connectivity index (χ1) is 11.5. The Morgan fingerprint density at radius 3 is 2.44 bits per heavy atom. The van der Waals surface area contributed by atoms with E-state index in [1.165, 1.54) is 11.1 Å². The van der Waals surface area contributed by atoms with Crippen LogP contribution in [0.15, 0.2) is 53.7 Å². The fourth-order valence-corrected chi connectivity index (χ4v) is 2.81. The molecule has 0 aliphatic rings. The largest absolute Gasteiger partial charge is 0.356 e. The lowest BCUT2D eigenvalue weighted by molar-refractivity contribution is 0.506. The highest BCUT2D eigenvalue weighted by Gasteiger charge is 2.22. The highest BCUT2D eigenvalue weighted by atomic mass is 127. The lowest BCUT2D eigenvalue weighted by Gasteiger charge is -2.28. The third-order valence-corrected chi connectivity index (χ3v) is 4.20. The summed E-state index contributed by atoms with van der Waals surface area (Å²) in [6.07, 6.45) is 2.70. The maximum Gasteiger partial charge on any atom is 0.191 e. The molecule has 0 spiro atoms. The summed E-state index contributed by atoms with van der Waals surface area (Å²) in [7, 11) is 1.80. The SMILES string of the molecule is CN=C(NCCc1ccccn1)NCC(C)(C)c1ccccc1C.I. The fourth-order valence-electron chi connectivity index (χ4n) is 2.81. The molecule has 1 aromatic carbocycles. The third kappa shape index (κ3) is 6.65. The van der Waals surface area contributed by atoms with Gasteiger partial charge < -0.3 is 10.6 Å². The first-order valence-corrected chi connectivity index (χ1v) is 8.43. The van der Waals surface area contributed by atoms with Crippen molar-refractivity contribution in [2.75, 3.05) is 20.1 Å². The molecule has 0 fully saturated rings. The van der Waals surface area contributed by atoms with Crippen molar-refractivity contribution in [3.8, 4) is 0 Å². The lowest BCUT2D eigenvalue weighted by atomic mass is 9.82. The predicted octanol–water partition coefficient (Wildman–Crippen LogP) is 3.69. The standard InChI is InChI=1S/C20H28N4.HI/c1-16-9-5-6-11-18(16)20(2,3)15-24-19(21-4)23-14-12-17-10-7-8-13-22-17;/h5-11,13H,12,14-15H2,1-4H3,(H2,21,23,24);1H. The second-order valence-electron chi connectivity index (χ2n) is 6.62. The van der Waals surface area contributed by atoms with Crippen molar-refractivity contribution in [3.63, 3.8) is 0 Å². The molecule has 2 N–H and O–H groups in total. The first kappa shape index (κ1) is 21.4. The monoisotopic (exact) mass is 452 g/mol. The van der Waals surface area contributed by atoms with E-state index in [1.54, 1.807) is 7.05 Å². The van der Waals surface area contributed by atoms with E-state index in [2.05, 4.69) is 65.6 Å². The molecule has 1 heterocycles. The lowest BCUT2D eigenvalue weighted by Crippen LogP contribution is -2.44. The number of hydrogen-bond acceptors (Lipinski definition) is 2. The van der Waals surface area contributed by atoms with Crippen LogP contribution in [0.2, 0.25) is 0 Å².